The van der Waals surface area contributed by atoms with Crippen LogP contribution in [0, 0.1) is 6.92 Å². The van der Waals surface area contributed by atoms with Crippen molar-refractivity contribution in [3.63, 3.8) is 0 Å². The Morgan fingerprint density at radius 3 is 3.13 bits per heavy atom. The van der Waals surface area contributed by atoms with Crippen LogP contribution in [0.3, 0.4) is 0 Å². The van der Waals surface area contributed by atoms with E-state index in [1.807, 2.05) is 13.0 Å². The SMILES string of the molecule is Cc1cc(NCC2=CCNCC2)ncn1. The molecule has 0 aromatic carbocycles. The molecule has 0 spiro atoms. The molecule has 2 N–H and O–H groups in total. The molecule has 0 bridgehead atoms. The van der Waals surface area contributed by atoms with Gasteiger partial charge in [-0.05, 0) is 19.9 Å². The number of hydrogen-bond donors (Lipinski definition) is 2. The van der Waals surface area contributed by atoms with Gasteiger partial charge in [0.25, 0.3) is 0 Å². The van der Waals surface area contributed by atoms with Gasteiger partial charge >= 0.3 is 0 Å². The van der Waals surface area contributed by atoms with E-state index >= 15 is 0 Å². The van der Waals surface area contributed by atoms with Crippen molar-refractivity contribution < 1.29 is 0 Å². The van der Waals surface area contributed by atoms with Crippen molar-refractivity contribution in [3.8, 4) is 0 Å². The summed E-state index contributed by atoms with van der Waals surface area (Å²) in [6.45, 7) is 4.92. The zero-order valence-electron chi connectivity index (χ0n) is 8.95. The van der Waals surface area contributed by atoms with Crippen LogP contribution in [0.2, 0.25) is 0 Å². The van der Waals surface area contributed by atoms with Crippen molar-refractivity contribution in [2.75, 3.05) is 25.0 Å². The molecule has 1 aliphatic heterocycles. The predicted octanol–water partition coefficient (Wildman–Crippen LogP) is 1.12. The van der Waals surface area contributed by atoms with Gasteiger partial charge in [0.2, 0.25) is 0 Å². The number of rotatable bonds is 3. The van der Waals surface area contributed by atoms with Crippen molar-refractivity contribution in [1.82, 2.24) is 15.3 Å². The Balaban J connectivity index is 1.90. The second-order valence-corrected chi connectivity index (χ2v) is 3.71. The van der Waals surface area contributed by atoms with Gasteiger partial charge in [0, 0.05) is 24.8 Å². The normalized spacial score (nSPS) is 15.9. The van der Waals surface area contributed by atoms with Gasteiger partial charge in [-0.25, -0.2) is 9.97 Å². The van der Waals surface area contributed by atoms with Gasteiger partial charge in [0.15, 0.2) is 0 Å². The van der Waals surface area contributed by atoms with E-state index in [2.05, 4.69) is 26.7 Å². The lowest BCUT2D eigenvalue weighted by Crippen LogP contribution is -2.23. The molecule has 2 rings (SSSR count). The van der Waals surface area contributed by atoms with Gasteiger partial charge in [-0.1, -0.05) is 11.6 Å². The first-order valence-electron chi connectivity index (χ1n) is 5.26. The molecule has 0 atom stereocenters. The van der Waals surface area contributed by atoms with Crippen molar-refractivity contribution in [2.45, 2.75) is 13.3 Å². The average molecular weight is 204 g/mol. The second kappa shape index (κ2) is 4.89. The Morgan fingerprint density at radius 2 is 2.40 bits per heavy atom. The summed E-state index contributed by atoms with van der Waals surface area (Å²) in [6, 6.07) is 1.96. The van der Waals surface area contributed by atoms with Crippen molar-refractivity contribution in [1.29, 1.82) is 0 Å². The fourth-order valence-electron chi connectivity index (χ4n) is 1.59. The van der Waals surface area contributed by atoms with Gasteiger partial charge in [0.05, 0.1) is 0 Å². The fourth-order valence-corrected chi connectivity index (χ4v) is 1.59. The zero-order valence-corrected chi connectivity index (χ0v) is 8.95. The van der Waals surface area contributed by atoms with E-state index < -0.39 is 0 Å². The molecule has 0 saturated heterocycles. The summed E-state index contributed by atoms with van der Waals surface area (Å²) >= 11 is 0. The number of nitrogens with one attached hydrogen (secondary N) is 2. The quantitative estimate of drug-likeness (QED) is 0.724. The van der Waals surface area contributed by atoms with Crippen LogP contribution in [-0.2, 0) is 0 Å². The van der Waals surface area contributed by atoms with E-state index in [1.165, 1.54) is 5.57 Å². The van der Waals surface area contributed by atoms with Gasteiger partial charge in [-0.2, -0.15) is 0 Å². The van der Waals surface area contributed by atoms with Gasteiger partial charge < -0.3 is 10.6 Å². The smallest absolute Gasteiger partial charge is 0.129 e. The molecule has 4 heteroatoms. The number of anilines is 1. The molecule has 0 amide bonds. The third kappa shape index (κ3) is 3.02. The van der Waals surface area contributed by atoms with Gasteiger partial charge in [0.1, 0.15) is 12.1 Å². The molecule has 0 fully saturated rings. The zero-order chi connectivity index (χ0) is 10.5. The minimum Gasteiger partial charge on any atom is -0.366 e. The van der Waals surface area contributed by atoms with E-state index in [4.69, 9.17) is 0 Å². The molecule has 4 nitrogen and oxygen atoms in total. The lowest BCUT2D eigenvalue weighted by Gasteiger charge is -2.14. The number of nitrogens with zero attached hydrogens (tertiary/aromatic N) is 2. The van der Waals surface area contributed by atoms with Crippen LogP contribution in [-0.4, -0.2) is 29.6 Å². The Hall–Kier alpha value is -1.42. The molecular weight excluding hydrogens is 188 g/mol. The first kappa shape index (κ1) is 10.1. The Morgan fingerprint density at radius 1 is 1.47 bits per heavy atom. The lowest BCUT2D eigenvalue weighted by molar-refractivity contribution is 0.697. The van der Waals surface area contributed by atoms with Crippen LogP contribution in [0.5, 0.6) is 0 Å². The van der Waals surface area contributed by atoms with Crippen molar-refractivity contribution in [2.24, 2.45) is 0 Å². The molecule has 0 unspecified atom stereocenters. The number of aromatic nitrogens is 2. The molecule has 1 aliphatic rings. The fraction of sp³-hybridized carbons (Fsp3) is 0.455. The van der Waals surface area contributed by atoms with Crippen LogP contribution in [0.1, 0.15) is 12.1 Å². The van der Waals surface area contributed by atoms with Crippen LogP contribution >= 0.6 is 0 Å². The maximum Gasteiger partial charge on any atom is 0.129 e. The molecule has 15 heavy (non-hydrogen) atoms. The molecule has 80 valence electrons. The van der Waals surface area contributed by atoms with E-state index in [0.717, 1.165) is 37.6 Å². The third-order valence-electron chi connectivity index (χ3n) is 2.46. The van der Waals surface area contributed by atoms with Gasteiger partial charge in [-0.15, -0.1) is 0 Å². The monoisotopic (exact) mass is 204 g/mol. The first-order valence-corrected chi connectivity index (χ1v) is 5.26. The summed E-state index contributed by atoms with van der Waals surface area (Å²) in [5, 5.41) is 6.60. The minimum atomic E-state index is 0.887. The van der Waals surface area contributed by atoms with E-state index in [-0.39, 0.29) is 0 Å². The van der Waals surface area contributed by atoms with Crippen molar-refractivity contribution >= 4 is 5.82 Å². The Kier molecular flexibility index (Phi) is 3.29. The van der Waals surface area contributed by atoms with Crippen LogP contribution < -0.4 is 10.6 Å². The topological polar surface area (TPSA) is 49.8 Å². The van der Waals surface area contributed by atoms with Crippen LogP contribution in [0.15, 0.2) is 24.0 Å². The molecule has 1 aromatic rings. The lowest BCUT2D eigenvalue weighted by atomic mass is 10.1. The number of hydrogen-bond acceptors (Lipinski definition) is 4. The first-order chi connectivity index (χ1) is 7.34. The van der Waals surface area contributed by atoms with Crippen molar-refractivity contribution in [3.05, 3.63) is 29.7 Å². The predicted molar refractivity (Wildman–Crippen MR) is 60.8 cm³/mol. The summed E-state index contributed by atoms with van der Waals surface area (Å²) < 4.78 is 0. The molecule has 0 saturated carbocycles. The largest absolute Gasteiger partial charge is 0.366 e. The van der Waals surface area contributed by atoms with Crippen LogP contribution in [0.25, 0.3) is 0 Å². The summed E-state index contributed by atoms with van der Waals surface area (Å²) in [4.78, 5) is 8.22. The molecule has 2 heterocycles. The maximum absolute atomic E-state index is 4.16. The number of aryl methyl sites for hydroxylation is 1. The second-order valence-electron chi connectivity index (χ2n) is 3.71. The highest BCUT2D eigenvalue weighted by atomic mass is 15.0. The van der Waals surface area contributed by atoms with Crippen LogP contribution in [0.4, 0.5) is 5.82 Å². The Labute approximate surface area is 89.8 Å². The molecule has 0 aliphatic carbocycles. The third-order valence-corrected chi connectivity index (χ3v) is 2.46. The Bertz CT molecular complexity index is 359. The minimum absolute atomic E-state index is 0.887. The van der Waals surface area contributed by atoms with E-state index in [1.54, 1.807) is 6.33 Å². The highest BCUT2D eigenvalue weighted by molar-refractivity contribution is 5.36. The van der Waals surface area contributed by atoms with E-state index in [0.29, 0.717) is 0 Å². The summed E-state index contributed by atoms with van der Waals surface area (Å²) in [6.07, 6.45) is 4.95. The summed E-state index contributed by atoms with van der Waals surface area (Å²) in [5.41, 5.74) is 2.44. The average Bonchev–Trinajstić information content (AvgIpc) is 2.28. The molecular formula is C11H16N4. The maximum atomic E-state index is 4.16. The van der Waals surface area contributed by atoms with Gasteiger partial charge in [-0.3, -0.25) is 0 Å². The van der Waals surface area contributed by atoms with E-state index in [9.17, 15) is 0 Å². The molecule has 1 aromatic heterocycles. The standard InChI is InChI=1S/C11H16N4/c1-9-6-11(15-8-14-9)13-7-10-2-4-12-5-3-10/h2,6,8,12H,3-5,7H2,1H3,(H,13,14,15). The highest BCUT2D eigenvalue weighted by Gasteiger charge is 2.02. The summed E-state index contributed by atoms with van der Waals surface area (Å²) in [5.74, 6) is 0.905. The summed E-state index contributed by atoms with van der Waals surface area (Å²) in [7, 11) is 0. The highest BCUT2D eigenvalue weighted by Crippen LogP contribution is 2.07. The molecule has 0 radical (unpaired) electrons.